The van der Waals surface area contributed by atoms with Gasteiger partial charge in [0.1, 0.15) is 0 Å². The number of guanidine groups is 1. The molecule has 7 heteroatoms. The van der Waals surface area contributed by atoms with Crippen molar-refractivity contribution in [3.8, 4) is 0 Å². The number of aliphatic imine (C=N–C) groups is 1. The van der Waals surface area contributed by atoms with Gasteiger partial charge < -0.3 is 10.6 Å². The molecule has 2 N–H and O–H groups in total. The highest BCUT2D eigenvalue weighted by atomic mass is 127. The smallest absolute Gasteiger partial charge is 0.357 e. The summed E-state index contributed by atoms with van der Waals surface area (Å²) < 4.78 is 36.3. The zero-order valence-electron chi connectivity index (χ0n) is 12.8. The number of nitrogens with one attached hydrogen (secondary N) is 2. The Morgan fingerprint density at radius 3 is 2.55 bits per heavy atom. The van der Waals surface area contributed by atoms with E-state index in [1.54, 1.807) is 0 Å². The number of hydrogen-bond donors (Lipinski definition) is 2. The molecule has 0 saturated heterocycles. The van der Waals surface area contributed by atoms with Crippen LogP contribution in [0.15, 0.2) is 29.3 Å². The van der Waals surface area contributed by atoms with E-state index in [1.807, 2.05) is 32.0 Å². The monoisotopic (exact) mass is 429 g/mol. The van der Waals surface area contributed by atoms with Crippen LogP contribution in [0.2, 0.25) is 0 Å². The first-order chi connectivity index (χ1) is 9.90. The molecule has 3 nitrogen and oxygen atoms in total. The van der Waals surface area contributed by atoms with Gasteiger partial charge in [-0.2, -0.15) is 13.2 Å². The lowest BCUT2D eigenvalue weighted by Gasteiger charge is -2.12. The van der Waals surface area contributed by atoms with E-state index in [0.717, 1.165) is 6.42 Å². The molecule has 0 aliphatic carbocycles. The Hall–Kier alpha value is -0.990. The van der Waals surface area contributed by atoms with Crippen molar-refractivity contribution in [2.75, 3.05) is 19.6 Å². The van der Waals surface area contributed by atoms with Crippen LogP contribution in [0, 0.1) is 6.92 Å². The number of halogens is 4. The van der Waals surface area contributed by atoms with Crippen LogP contribution in [0.25, 0.3) is 0 Å². The summed E-state index contributed by atoms with van der Waals surface area (Å²) in [7, 11) is 0. The van der Waals surface area contributed by atoms with Gasteiger partial charge in [0, 0.05) is 13.1 Å². The van der Waals surface area contributed by atoms with Gasteiger partial charge in [-0.05, 0) is 25.8 Å². The van der Waals surface area contributed by atoms with E-state index in [1.165, 1.54) is 11.1 Å². The molecule has 0 fully saturated rings. The van der Waals surface area contributed by atoms with Crippen molar-refractivity contribution in [1.29, 1.82) is 0 Å². The van der Waals surface area contributed by atoms with Gasteiger partial charge in [-0.15, -0.1) is 24.0 Å². The molecule has 0 atom stereocenters. The average Bonchev–Trinajstić information content (AvgIpc) is 2.37. The van der Waals surface area contributed by atoms with Gasteiger partial charge in [0.05, 0.1) is 13.0 Å². The summed E-state index contributed by atoms with van der Waals surface area (Å²) in [5.74, 6) is 0.425. The molecule has 1 rings (SSSR count). The lowest BCUT2D eigenvalue weighted by atomic mass is 10.1. The zero-order valence-corrected chi connectivity index (χ0v) is 15.2. The minimum absolute atomic E-state index is 0. The molecule has 0 heterocycles. The van der Waals surface area contributed by atoms with Gasteiger partial charge >= 0.3 is 6.18 Å². The Bertz CT molecular complexity index is 462. The van der Waals surface area contributed by atoms with Gasteiger partial charge in [-0.3, -0.25) is 4.99 Å². The van der Waals surface area contributed by atoms with Crippen molar-refractivity contribution in [3.05, 3.63) is 35.4 Å². The topological polar surface area (TPSA) is 36.4 Å². The number of benzene rings is 1. The van der Waals surface area contributed by atoms with Crippen molar-refractivity contribution in [3.63, 3.8) is 0 Å². The number of alkyl halides is 3. The van der Waals surface area contributed by atoms with Crippen LogP contribution in [-0.2, 0) is 6.42 Å². The third kappa shape index (κ3) is 9.86. The molecule has 0 unspecified atom stereocenters. The summed E-state index contributed by atoms with van der Waals surface area (Å²) >= 11 is 0. The summed E-state index contributed by atoms with van der Waals surface area (Å²) in [6.45, 7) is 4.88. The van der Waals surface area contributed by atoms with Gasteiger partial charge in [0.15, 0.2) is 5.96 Å². The van der Waals surface area contributed by atoms with Crippen molar-refractivity contribution in [1.82, 2.24) is 10.6 Å². The second-order valence-corrected chi connectivity index (χ2v) is 4.79. The van der Waals surface area contributed by atoms with Crippen molar-refractivity contribution in [2.24, 2.45) is 4.99 Å². The van der Waals surface area contributed by atoms with Crippen molar-refractivity contribution >= 4 is 29.9 Å². The first kappa shape index (κ1) is 21.0. The Labute approximate surface area is 146 Å². The highest BCUT2D eigenvalue weighted by Crippen LogP contribution is 2.18. The maximum absolute atomic E-state index is 12.1. The Morgan fingerprint density at radius 1 is 1.23 bits per heavy atom. The van der Waals surface area contributed by atoms with E-state index >= 15 is 0 Å². The minimum Gasteiger partial charge on any atom is -0.357 e. The molecular weight excluding hydrogens is 406 g/mol. The molecule has 0 radical (unpaired) electrons. The second-order valence-electron chi connectivity index (χ2n) is 4.79. The fraction of sp³-hybridized carbons (Fsp3) is 0.533. The lowest BCUT2D eigenvalue weighted by molar-refractivity contribution is -0.132. The standard InChI is InChI=1S/C15H22F3N3.HI/c1-3-19-14(21-10-8-15(16,17)18)20-9-7-13-6-4-5-12(2)11-13;/h4-6,11H,3,7-10H2,1-2H3,(H2,19,20,21);1H. The van der Waals surface area contributed by atoms with Crippen LogP contribution in [0.3, 0.4) is 0 Å². The van der Waals surface area contributed by atoms with Gasteiger partial charge in [0.2, 0.25) is 0 Å². The normalized spacial score (nSPS) is 11.8. The van der Waals surface area contributed by atoms with Gasteiger partial charge in [-0.1, -0.05) is 29.8 Å². The van der Waals surface area contributed by atoms with Crippen LogP contribution in [-0.4, -0.2) is 31.8 Å². The van der Waals surface area contributed by atoms with E-state index in [-0.39, 0.29) is 30.5 Å². The molecule has 0 aliphatic heterocycles. The van der Waals surface area contributed by atoms with E-state index in [2.05, 4.69) is 21.7 Å². The largest absolute Gasteiger partial charge is 0.390 e. The summed E-state index contributed by atoms with van der Waals surface area (Å²) in [5.41, 5.74) is 2.38. The van der Waals surface area contributed by atoms with Crippen LogP contribution in [0.4, 0.5) is 13.2 Å². The number of hydrogen-bond acceptors (Lipinski definition) is 1. The van der Waals surface area contributed by atoms with E-state index < -0.39 is 12.6 Å². The van der Waals surface area contributed by atoms with Crippen LogP contribution >= 0.6 is 24.0 Å². The van der Waals surface area contributed by atoms with Crippen LogP contribution in [0.1, 0.15) is 24.5 Å². The first-order valence-electron chi connectivity index (χ1n) is 7.05. The van der Waals surface area contributed by atoms with E-state index in [4.69, 9.17) is 0 Å². The Kier molecular flexibility index (Phi) is 10.2. The Balaban J connectivity index is 0.00000441. The number of nitrogens with zero attached hydrogens (tertiary/aromatic N) is 1. The third-order valence-electron chi connectivity index (χ3n) is 2.80. The highest BCUT2D eigenvalue weighted by molar-refractivity contribution is 14.0. The second kappa shape index (κ2) is 10.7. The molecule has 0 bridgehead atoms. The summed E-state index contributed by atoms with van der Waals surface area (Å²) in [4.78, 5) is 3.92. The molecule has 22 heavy (non-hydrogen) atoms. The molecule has 0 aliphatic rings. The summed E-state index contributed by atoms with van der Waals surface area (Å²) in [6, 6.07) is 8.14. The molecular formula is C15H23F3IN3. The molecule has 0 saturated carbocycles. The quantitative estimate of drug-likeness (QED) is 0.412. The summed E-state index contributed by atoms with van der Waals surface area (Å²) in [6.07, 6.45) is -4.27. The molecule has 0 amide bonds. The van der Waals surface area contributed by atoms with E-state index in [9.17, 15) is 13.2 Å². The molecule has 0 spiro atoms. The predicted octanol–water partition coefficient (Wildman–Crippen LogP) is 3.66. The Morgan fingerprint density at radius 2 is 1.95 bits per heavy atom. The molecule has 1 aromatic rings. The molecule has 126 valence electrons. The number of aryl methyl sites for hydroxylation is 1. The van der Waals surface area contributed by atoms with E-state index in [0.29, 0.717) is 19.0 Å². The fourth-order valence-electron chi connectivity index (χ4n) is 1.83. The summed E-state index contributed by atoms with van der Waals surface area (Å²) in [5, 5.41) is 5.98. The molecule has 1 aromatic carbocycles. The third-order valence-corrected chi connectivity index (χ3v) is 2.80. The van der Waals surface area contributed by atoms with Crippen molar-refractivity contribution in [2.45, 2.75) is 32.9 Å². The van der Waals surface area contributed by atoms with Crippen LogP contribution in [0.5, 0.6) is 0 Å². The van der Waals surface area contributed by atoms with Crippen LogP contribution < -0.4 is 10.6 Å². The average molecular weight is 429 g/mol. The fourth-order valence-corrected chi connectivity index (χ4v) is 1.83. The zero-order chi connectivity index (χ0) is 15.7. The maximum atomic E-state index is 12.1. The number of rotatable bonds is 6. The molecule has 0 aromatic heterocycles. The lowest BCUT2D eigenvalue weighted by Crippen LogP contribution is -2.38. The van der Waals surface area contributed by atoms with Gasteiger partial charge in [-0.25, -0.2) is 0 Å². The SMILES string of the molecule is CCNC(=NCCC(F)(F)F)NCCc1cccc(C)c1.I. The predicted molar refractivity (Wildman–Crippen MR) is 95.0 cm³/mol. The highest BCUT2D eigenvalue weighted by Gasteiger charge is 2.26. The minimum atomic E-state index is -4.16. The van der Waals surface area contributed by atoms with Gasteiger partial charge in [0.25, 0.3) is 0 Å². The maximum Gasteiger partial charge on any atom is 0.390 e. The first-order valence-corrected chi connectivity index (χ1v) is 7.05. The van der Waals surface area contributed by atoms with Crippen molar-refractivity contribution < 1.29 is 13.2 Å².